The molecule has 2 aromatic rings. The van der Waals surface area contributed by atoms with Crippen molar-refractivity contribution in [1.29, 1.82) is 0 Å². The molecule has 0 N–H and O–H groups in total. The van der Waals surface area contributed by atoms with Gasteiger partial charge in [-0.1, -0.05) is 29.4 Å². The molecule has 1 atom stereocenters. The van der Waals surface area contributed by atoms with E-state index >= 15 is 0 Å². The van der Waals surface area contributed by atoms with Gasteiger partial charge in [-0.05, 0) is 56.2 Å². The number of ether oxygens (including phenoxy) is 1. The lowest BCUT2D eigenvalue weighted by Crippen LogP contribution is -2.46. The number of piperidine rings is 1. The maximum atomic E-state index is 5.35. The number of benzene rings is 1. The third-order valence-electron chi connectivity index (χ3n) is 6.15. The minimum absolute atomic E-state index is 0.672. The number of hydrogen-bond acceptors (Lipinski definition) is 6. The first kappa shape index (κ1) is 19.6. The van der Waals surface area contributed by atoms with Gasteiger partial charge in [0.1, 0.15) is 0 Å². The molecule has 1 fully saturated rings. The van der Waals surface area contributed by atoms with Crippen molar-refractivity contribution in [2.45, 2.75) is 45.2 Å². The van der Waals surface area contributed by atoms with Crippen LogP contribution < -0.4 is 0 Å². The fourth-order valence-electron chi connectivity index (χ4n) is 4.79. The van der Waals surface area contributed by atoms with Crippen molar-refractivity contribution in [3.8, 4) is 0 Å². The first-order valence-electron chi connectivity index (χ1n) is 10.5. The number of nitrogens with zero attached hydrogens (tertiary/aromatic N) is 4. The highest BCUT2D eigenvalue weighted by Gasteiger charge is 2.31. The molecule has 0 unspecified atom stereocenters. The molecule has 0 bridgehead atoms. The van der Waals surface area contributed by atoms with Gasteiger partial charge in [-0.2, -0.15) is 4.98 Å². The van der Waals surface area contributed by atoms with E-state index in [-0.39, 0.29) is 0 Å². The molecule has 1 aliphatic carbocycles. The van der Waals surface area contributed by atoms with E-state index in [1.54, 1.807) is 18.2 Å². The monoisotopic (exact) mass is 384 g/mol. The summed E-state index contributed by atoms with van der Waals surface area (Å²) in [6, 6.07) is 9.62. The Morgan fingerprint density at radius 2 is 2.04 bits per heavy atom. The predicted octanol–water partition coefficient (Wildman–Crippen LogP) is 2.71. The summed E-state index contributed by atoms with van der Waals surface area (Å²) >= 11 is 0. The van der Waals surface area contributed by atoms with Crippen molar-refractivity contribution in [1.82, 2.24) is 19.9 Å². The van der Waals surface area contributed by atoms with Gasteiger partial charge in [0.15, 0.2) is 5.82 Å². The van der Waals surface area contributed by atoms with E-state index in [4.69, 9.17) is 9.26 Å². The standard InChI is InChI=1S/C22H32N4O2/c1-17-23-22(28-24-17)16-25(10-11-27-2)14-18-6-5-9-26(15-18)21-12-19-7-3-4-8-20(19)13-21/h3-4,7-8,18,21H,5-6,9-16H2,1-2H3/t18-/m0/s1. The summed E-state index contributed by atoms with van der Waals surface area (Å²) in [7, 11) is 1.76. The summed E-state index contributed by atoms with van der Waals surface area (Å²) in [5.41, 5.74) is 3.09. The Balaban J connectivity index is 1.34. The lowest BCUT2D eigenvalue weighted by atomic mass is 9.95. The Morgan fingerprint density at radius 1 is 1.25 bits per heavy atom. The third-order valence-corrected chi connectivity index (χ3v) is 6.15. The molecule has 1 aromatic carbocycles. The van der Waals surface area contributed by atoms with Crippen molar-refractivity contribution >= 4 is 0 Å². The number of fused-ring (bicyclic) bond motifs is 1. The molecule has 152 valence electrons. The molecule has 1 saturated heterocycles. The molecule has 1 aromatic heterocycles. The topological polar surface area (TPSA) is 54.6 Å². The van der Waals surface area contributed by atoms with E-state index in [9.17, 15) is 0 Å². The highest BCUT2D eigenvalue weighted by atomic mass is 16.5. The van der Waals surface area contributed by atoms with Crippen molar-refractivity contribution < 1.29 is 9.26 Å². The molecule has 2 aliphatic rings. The Kier molecular flexibility index (Phi) is 6.40. The second-order valence-corrected chi connectivity index (χ2v) is 8.30. The molecule has 0 saturated carbocycles. The van der Waals surface area contributed by atoms with Crippen molar-refractivity contribution in [3.63, 3.8) is 0 Å². The van der Waals surface area contributed by atoms with Gasteiger partial charge in [0.25, 0.3) is 0 Å². The summed E-state index contributed by atoms with van der Waals surface area (Å²) in [4.78, 5) is 9.53. The molecule has 4 rings (SSSR count). The molecule has 1 aliphatic heterocycles. The zero-order valence-electron chi connectivity index (χ0n) is 17.1. The molecule has 28 heavy (non-hydrogen) atoms. The normalized spacial score (nSPS) is 20.8. The second kappa shape index (κ2) is 9.16. The van der Waals surface area contributed by atoms with Gasteiger partial charge in [0.2, 0.25) is 5.89 Å². The highest BCUT2D eigenvalue weighted by Crippen LogP contribution is 2.29. The van der Waals surface area contributed by atoms with E-state index in [1.807, 2.05) is 6.92 Å². The van der Waals surface area contributed by atoms with Crippen molar-refractivity contribution in [2.24, 2.45) is 5.92 Å². The van der Waals surface area contributed by atoms with Gasteiger partial charge in [-0.3, -0.25) is 9.80 Å². The number of aromatic nitrogens is 2. The highest BCUT2D eigenvalue weighted by molar-refractivity contribution is 5.33. The van der Waals surface area contributed by atoms with E-state index in [0.29, 0.717) is 30.2 Å². The predicted molar refractivity (Wildman–Crippen MR) is 108 cm³/mol. The molecular weight excluding hydrogens is 352 g/mol. The van der Waals surface area contributed by atoms with E-state index < -0.39 is 0 Å². The number of hydrogen-bond donors (Lipinski definition) is 0. The average Bonchev–Trinajstić information content (AvgIpc) is 3.32. The van der Waals surface area contributed by atoms with E-state index in [0.717, 1.165) is 19.7 Å². The average molecular weight is 385 g/mol. The maximum Gasteiger partial charge on any atom is 0.240 e. The number of likely N-dealkylation sites (tertiary alicyclic amines) is 1. The zero-order chi connectivity index (χ0) is 19.3. The van der Waals surface area contributed by atoms with Crippen LogP contribution in [0.15, 0.2) is 28.8 Å². The first-order valence-corrected chi connectivity index (χ1v) is 10.5. The van der Waals surface area contributed by atoms with Crippen LogP contribution in [0.2, 0.25) is 0 Å². The number of aryl methyl sites for hydroxylation is 1. The van der Waals surface area contributed by atoms with Crippen LogP contribution in [0.5, 0.6) is 0 Å². The summed E-state index contributed by atoms with van der Waals surface area (Å²) in [5.74, 6) is 2.08. The molecule has 0 spiro atoms. The molecule has 6 heteroatoms. The van der Waals surface area contributed by atoms with Crippen LogP contribution >= 0.6 is 0 Å². The van der Waals surface area contributed by atoms with Crippen LogP contribution in [0.1, 0.15) is 35.7 Å². The van der Waals surface area contributed by atoms with Crippen molar-refractivity contribution in [3.05, 3.63) is 47.1 Å². The molecule has 0 amide bonds. The van der Waals surface area contributed by atoms with Gasteiger partial charge in [-0.25, -0.2) is 0 Å². The Labute approximate surface area is 167 Å². The minimum atomic E-state index is 0.672. The lowest BCUT2D eigenvalue weighted by Gasteiger charge is -2.38. The number of methoxy groups -OCH3 is 1. The Hall–Kier alpha value is -1.76. The van der Waals surface area contributed by atoms with Gasteiger partial charge in [0, 0.05) is 32.8 Å². The van der Waals surface area contributed by atoms with Crippen LogP contribution in [0, 0.1) is 12.8 Å². The Bertz CT molecular complexity index is 737. The van der Waals surface area contributed by atoms with Crippen LogP contribution in [0.4, 0.5) is 0 Å². The number of rotatable bonds is 8. The fourth-order valence-corrected chi connectivity index (χ4v) is 4.79. The SMILES string of the molecule is COCCN(Cc1nc(C)no1)C[C@@H]1CCCN(C2Cc3ccccc3C2)C1. The smallest absolute Gasteiger partial charge is 0.240 e. The van der Waals surface area contributed by atoms with E-state index in [2.05, 4.69) is 44.2 Å². The van der Waals surface area contributed by atoms with Crippen LogP contribution in [0.3, 0.4) is 0 Å². The third kappa shape index (κ3) is 4.80. The second-order valence-electron chi connectivity index (χ2n) is 8.30. The van der Waals surface area contributed by atoms with Gasteiger partial charge in [-0.15, -0.1) is 0 Å². The molecule has 2 heterocycles. The minimum Gasteiger partial charge on any atom is -0.383 e. The van der Waals surface area contributed by atoms with Gasteiger partial charge >= 0.3 is 0 Å². The van der Waals surface area contributed by atoms with Crippen molar-refractivity contribution in [2.75, 3.05) is 39.9 Å². The summed E-state index contributed by atoms with van der Waals surface area (Å²) in [5, 5.41) is 3.93. The molecular formula is C22H32N4O2. The van der Waals surface area contributed by atoms with Crippen LogP contribution in [-0.2, 0) is 24.1 Å². The quantitative estimate of drug-likeness (QED) is 0.698. The molecule has 6 nitrogen and oxygen atoms in total. The first-order chi connectivity index (χ1) is 13.7. The summed E-state index contributed by atoms with van der Waals surface area (Å²) < 4.78 is 10.7. The largest absolute Gasteiger partial charge is 0.383 e. The fraction of sp³-hybridized carbons (Fsp3) is 0.636. The van der Waals surface area contributed by atoms with E-state index in [1.165, 1.54) is 38.8 Å². The zero-order valence-corrected chi connectivity index (χ0v) is 17.1. The summed E-state index contributed by atoms with van der Waals surface area (Å²) in [6.07, 6.45) is 4.99. The van der Waals surface area contributed by atoms with Crippen LogP contribution in [-0.4, -0.2) is 65.9 Å². The Morgan fingerprint density at radius 3 is 2.71 bits per heavy atom. The van der Waals surface area contributed by atoms with Gasteiger partial charge in [0.05, 0.1) is 13.2 Å². The summed E-state index contributed by atoms with van der Waals surface area (Å²) in [6.45, 7) is 7.66. The maximum absolute atomic E-state index is 5.35. The lowest BCUT2D eigenvalue weighted by molar-refractivity contribution is 0.0798. The molecule has 0 radical (unpaired) electrons. The van der Waals surface area contributed by atoms with Gasteiger partial charge < -0.3 is 9.26 Å². The van der Waals surface area contributed by atoms with Crippen LogP contribution in [0.25, 0.3) is 0 Å².